The van der Waals surface area contributed by atoms with Crippen LogP contribution in [0.15, 0.2) is 18.3 Å². The largest absolute Gasteiger partial charge is 0.413 e. The number of hydrogen-bond acceptors (Lipinski definition) is 3. The molecule has 18 heavy (non-hydrogen) atoms. The van der Waals surface area contributed by atoms with Crippen molar-refractivity contribution in [3.8, 4) is 6.07 Å². The molecule has 0 N–H and O–H groups in total. The third kappa shape index (κ3) is 4.59. The van der Waals surface area contributed by atoms with Crippen LogP contribution in [-0.2, 0) is 10.8 Å². The molecule has 0 saturated heterocycles. The van der Waals surface area contributed by atoms with E-state index >= 15 is 0 Å². The van der Waals surface area contributed by atoms with Gasteiger partial charge in [-0.1, -0.05) is 20.8 Å². The Bertz CT molecular complexity index is 432. The molecule has 0 saturated carbocycles. The van der Waals surface area contributed by atoms with Crippen LogP contribution in [0.1, 0.15) is 32.0 Å². The van der Waals surface area contributed by atoms with Crippen molar-refractivity contribution in [3.05, 3.63) is 29.6 Å². The van der Waals surface area contributed by atoms with E-state index in [9.17, 15) is 0 Å². The van der Waals surface area contributed by atoms with Crippen LogP contribution in [-0.4, -0.2) is 20.1 Å². The highest BCUT2D eigenvalue weighted by Crippen LogP contribution is 2.26. The molecule has 0 aliphatic heterocycles. The summed E-state index contributed by atoms with van der Waals surface area (Å²) in [5.41, 5.74) is 1.68. The highest BCUT2D eigenvalue weighted by atomic mass is 28.3. The Labute approximate surface area is 112 Å². The minimum Gasteiger partial charge on any atom is -0.413 e. The molecule has 1 aromatic rings. The molecule has 0 fully saturated rings. The molecular formula is C14H21N2OSi. The van der Waals surface area contributed by atoms with Gasteiger partial charge in [-0.05, 0) is 42.6 Å². The van der Waals surface area contributed by atoms with Crippen molar-refractivity contribution in [1.82, 2.24) is 4.98 Å². The van der Waals surface area contributed by atoms with E-state index in [1.54, 1.807) is 6.20 Å². The molecule has 0 aliphatic rings. The third-order valence-electron chi connectivity index (χ3n) is 2.70. The number of nitriles is 1. The molecule has 1 atom stereocenters. The fourth-order valence-electron chi connectivity index (χ4n) is 1.69. The second-order valence-electron chi connectivity index (χ2n) is 5.75. The van der Waals surface area contributed by atoms with Gasteiger partial charge in [-0.3, -0.25) is 0 Å². The Balaban J connectivity index is 2.86. The number of hydrogen-bond donors (Lipinski definition) is 0. The van der Waals surface area contributed by atoms with Crippen LogP contribution in [0.2, 0.25) is 13.1 Å². The fourth-order valence-corrected chi connectivity index (χ4v) is 2.69. The Kier molecular flexibility index (Phi) is 5.06. The normalized spacial score (nSPS) is 13.4. The van der Waals surface area contributed by atoms with Crippen molar-refractivity contribution >= 4 is 9.04 Å². The lowest BCUT2D eigenvalue weighted by molar-refractivity contribution is 0.0867. The first-order chi connectivity index (χ1) is 8.32. The smallest absolute Gasteiger partial charge is 0.205 e. The van der Waals surface area contributed by atoms with E-state index in [1.165, 1.54) is 0 Å². The zero-order chi connectivity index (χ0) is 13.8. The average molecular weight is 261 g/mol. The summed E-state index contributed by atoms with van der Waals surface area (Å²) in [5, 5.41) is 8.86. The summed E-state index contributed by atoms with van der Waals surface area (Å²) < 4.78 is 6.09. The van der Waals surface area contributed by atoms with Crippen LogP contribution in [0, 0.1) is 16.7 Å². The highest BCUT2D eigenvalue weighted by Gasteiger charge is 2.26. The first-order valence-corrected chi connectivity index (χ1v) is 8.55. The lowest BCUT2D eigenvalue weighted by atomic mass is 9.85. The SMILES string of the molecule is C[Si](C)OC(Cc1ccnc(C#N)c1)C(C)(C)C. The average Bonchev–Trinajstić information content (AvgIpc) is 2.26. The first-order valence-electron chi connectivity index (χ1n) is 6.15. The van der Waals surface area contributed by atoms with E-state index in [0.717, 1.165) is 12.0 Å². The molecule has 4 heteroatoms. The van der Waals surface area contributed by atoms with Gasteiger partial charge in [0.15, 0.2) is 0 Å². The lowest BCUT2D eigenvalue weighted by Gasteiger charge is -2.32. The predicted octanol–water partition coefficient (Wildman–Crippen LogP) is 3.18. The van der Waals surface area contributed by atoms with Gasteiger partial charge in [0.05, 0.1) is 6.10 Å². The van der Waals surface area contributed by atoms with E-state index in [1.807, 2.05) is 12.1 Å². The molecule has 1 aromatic heterocycles. The van der Waals surface area contributed by atoms with Crippen molar-refractivity contribution in [2.75, 3.05) is 0 Å². The maximum atomic E-state index is 8.86. The number of pyridine rings is 1. The van der Waals surface area contributed by atoms with Gasteiger partial charge in [-0.2, -0.15) is 5.26 Å². The summed E-state index contributed by atoms with van der Waals surface area (Å²) in [5.74, 6) is 0. The Morgan fingerprint density at radius 2 is 2.11 bits per heavy atom. The van der Waals surface area contributed by atoms with Gasteiger partial charge in [0.1, 0.15) is 11.8 Å². The van der Waals surface area contributed by atoms with Crippen molar-refractivity contribution in [1.29, 1.82) is 5.26 Å². The highest BCUT2D eigenvalue weighted by molar-refractivity contribution is 6.48. The van der Waals surface area contributed by atoms with E-state index in [2.05, 4.69) is 44.9 Å². The molecule has 0 amide bonds. The topological polar surface area (TPSA) is 45.9 Å². The molecule has 0 spiro atoms. The quantitative estimate of drug-likeness (QED) is 0.782. The number of nitrogens with zero attached hydrogens (tertiary/aromatic N) is 2. The Morgan fingerprint density at radius 1 is 1.44 bits per heavy atom. The molecule has 0 aromatic carbocycles. The molecule has 1 unspecified atom stereocenters. The van der Waals surface area contributed by atoms with Crippen LogP contribution >= 0.6 is 0 Å². The maximum absolute atomic E-state index is 8.86. The van der Waals surface area contributed by atoms with E-state index < -0.39 is 9.04 Å². The molecule has 1 heterocycles. The second kappa shape index (κ2) is 6.12. The van der Waals surface area contributed by atoms with E-state index in [0.29, 0.717) is 5.69 Å². The summed E-state index contributed by atoms with van der Waals surface area (Å²) in [6, 6.07) is 5.88. The standard InChI is InChI=1S/C14H21N2OSi/c1-14(2,3)13(17-18(4)5)9-11-6-7-16-12(8-11)10-15/h6-8,13H,9H2,1-5H3. The molecule has 97 valence electrons. The van der Waals surface area contributed by atoms with Crippen LogP contribution in [0.4, 0.5) is 0 Å². The Hall–Kier alpha value is -1.18. The van der Waals surface area contributed by atoms with Gasteiger partial charge in [-0.25, -0.2) is 4.98 Å². The number of aromatic nitrogens is 1. The molecule has 1 radical (unpaired) electrons. The first kappa shape index (κ1) is 14.9. The van der Waals surface area contributed by atoms with Crippen LogP contribution in [0.5, 0.6) is 0 Å². The van der Waals surface area contributed by atoms with Gasteiger partial charge >= 0.3 is 0 Å². The summed E-state index contributed by atoms with van der Waals surface area (Å²) in [6.45, 7) is 10.9. The van der Waals surface area contributed by atoms with Gasteiger partial charge < -0.3 is 4.43 Å². The van der Waals surface area contributed by atoms with Gasteiger partial charge in [0, 0.05) is 6.20 Å². The van der Waals surface area contributed by atoms with E-state index in [4.69, 9.17) is 9.69 Å². The van der Waals surface area contributed by atoms with Crippen LogP contribution in [0.25, 0.3) is 0 Å². The molecule has 0 bridgehead atoms. The Morgan fingerprint density at radius 3 is 2.61 bits per heavy atom. The predicted molar refractivity (Wildman–Crippen MR) is 74.5 cm³/mol. The van der Waals surface area contributed by atoms with Crippen molar-refractivity contribution in [3.63, 3.8) is 0 Å². The summed E-state index contributed by atoms with van der Waals surface area (Å²) in [6.07, 6.45) is 2.70. The zero-order valence-corrected chi connectivity index (χ0v) is 12.8. The van der Waals surface area contributed by atoms with Crippen molar-refractivity contribution in [2.45, 2.75) is 46.4 Å². The summed E-state index contributed by atoms with van der Waals surface area (Å²) in [7, 11) is -0.731. The minimum atomic E-state index is -0.731. The summed E-state index contributed by atoms with van der Waals surface area (Å²) in [4.78, 5) is 3.99. The molecule has 3 nitrogen and oxygen atoms in total. The van der Waals surface area contributed by atoms with Gasteiger partial charge in [-0.15, -0.1) is 0 Å². The van der Waals surface area contributed by atoms with Crippen LogP contribution < -0.4 is 0 Å². The summed E-state index contributed by atoms with van der Waals surface area (Å²) >= 11 is 0. The van der Waals surface area contributed by atoms with Crippen LogP contribution in [0.3, 0.4) is 0 Å². The lowest BCUT2D eigenvalue weighted by Crippen LogP contribution is -2.35. The molecule has 0 aliphatic carbocycles. The number of rotatable bonds is 4. The second-order valence-corrected chi connectivity index (χ2v) is 7.80. The van der Waals surface area contributed by atoms with Gasteiger partial charge in [0.25, 0.3) is 0 Å². The molecule has 1 rings (SSSR count). The monoisotopic (exact) mass is 261 g/mol. The fraction of sp³-hybridized carbons (Fsp3) is 0.571. The van der Waals surface area contributed by atoms with Crippen molar-refractivity contribution < 1.29 is 4.43 Å². The van der Waals surface area contributed by atoms with Gasteiger partial charge in [0.2, 0.25) is 9.04 Å². The van der Waals surface area contributed by atoms with E-state index in [-0.39, 0.29) is 11.5 Å². The van der Waals surface area contributed by atoms with Crippen molar-refractivity contribution in [2.24, 2.45) is 5.41 Å². The zero-order valence-electron chi connectivity index (χ0n) is 11.8. The maximum Gasteiger partial charge on any atom is 0.205 e. The third-order valence-corrected chi connectivity index (χ3v) is 3.46. The minimum absolute atomic E-state index is 0.0953. The molecular weight excluding hydrogens is 240 g/mol.